The monoisotopic (exact) mass is 390 g/mol. The van der Waals surface area contributed by atoms with E-state index in [1.807, 2.05) is 74.5 Å². The van der Waals surface area contributed by atoms with Crippen molar-refractivity contribution >= 4 is 33.0 Å². The highest BCUT2D eigenvalue weighted by atomic mass is 16.4. The van der Waals surface area contributed by atoms with Crippen LogP contribution >= 0.6 is 0 Å². The lowest BCUT2D eigenvalue weighted by Crippen LogP contribution is -1.86. The number of hydrogen-bond acceptors (Lipinski definition) is 4. The summed E-state index contributed by atoms with van der Waals surface area (Å²) >= 11 is 0. The molecule has 0 aliphatic rings. The van der Waals surface area contributed by atoms with Gasteiger partial charge in [0, 0.05) is 11.1 Å². The number of para-hydroxylation sites is 2. The van der Waals surface area contributed by atoms with E-state index >= 15 is 0 Å². The maximum atomic E-state index is 6.15. The number of hydrogen-bond donors (Lipinski definition) is 0. The molecule has 0 radical (unpaired) electrons. The summed E-state index contributed by atoms with van der Waals surface area (Å²) < 4.78 is 12.3. The third-order valence-electron chi connectivity index (χ3n) is 5.61. The van der Waals surface area contributed by atoms with Gasteiger partial charge < -0.3 is 8.83 Å². The summed E-state index contributed by atoms with van der Waals surface area (Å²) in [7, 11) is 0. The molecule has 30 heavy (non-hydrogen) atoms. The van der Waals surface area contributed by atoms with Gasteiger partial charge in [0.15, 0.2) is 11.2 Å². The van der Waals surface area contributed by atoms with E-state index in [0.29, 0.717) is 11.8 Å². The Labute approximate surface area is 172 Å². The van der Waals surface area contributed by atoms with E-state index in [1.165, 1.54) is 0 Å². The van der Waals surface area contributed by atoms with Crippen LogP contribution in [0.25, 0.3) is 55.9 Å². The molecule has 0 amide bonds. The van der Waals surface area contributed by atoms with Crippen LogP contribution in [0.4, 0.5) is 0 Å². The Morgan fingerprint density at radius 2 is 1.00 bits per heavy atom. The standard InChI is InChI=1S/C26H18N2O2/c1-15-7-5-11-21-23(15)29-25(27-21)19-13-14-20(18-10-4-3-9-17(18)19)26-28-22-12-6-8-16(2)24(22)30-26/h3-14H,1-2H3. The molecule has 0 fully saturated rings. The molecule has 0 aliphatic carbocycles. The summed E-state index contributed by atoms with van der Waals surface area (Å²) in [5.74, 6) is 1.24. The van der Waals surface area contributed by atoms with Crippen LogP contribution in [0.3, 0.4) is 0 Å². The van der Waals surface area contributed by atoms with Gasteiger partial charge in [-0.15, -0.1) is 0 Å². The SMILES string of the molecule is Cc1cccc2nc(-c3ccc(-c4nc5cccc(C)c5o4)c4ccccc34)oc12. The summed E-state index contributed by atoms with van der Waals surface area (Å²) in [5, 5.41) is 2.11. The molecule has 4 aromatic carbocycles. The highest BCUT2D eigenvalue weighted by Gasteiger charge is 2.17. The van der Waals surface area contributed by atoms with Crippen LogP contribution in [-0.4, -0.2) is 9.97 Å². The first-order valence-electron chi connectivity index (χ1n) is 9.94. The Morgan fingerprint density at radius 3 is 1.43 bits per heavy atom. The third-order valence-corrected chi connectivity index (χ3v) is 5.61. The molecule has 2 heterocycles. The smallest absolute Gasteiger partial charge is 0.227 e. The van der Waals surface area contributed by atoms with Crippen molar-refractivity contribution in [1.29, 1.82) is 0 Å². The van der Waals surface area contributed by atoms with Crippen molar-refractivity contribution in [3.05, 3.63) is 83.9 Å². The lowest BCUT2D eigenvalue weighted by Gasteiger charge is -2.07. The van der Waals surface area contributed by atoms with Gasteiger partial charge in [-0.2, -0.15) is 0 Å². The highest BCUT2D eigenvalue weighted by molar-refractivity contribution is 6.03. The van der Waals surface area contributed by atoms with Gasteiger partial charge in [-0.05, 0) is 60.0 Å². The molecular weight excluding hydrogens is 372 g/mol. The van der Waals surface area contributed by atoms with E-state index in [-0.39, 0.29) is 0 Å². The van der Waals surface area contributed by atoms with E-state index in [1.54, 1.807) is 0 Å². The zero-order chi connectivity index (χ0) is 20.2. The summed E-state index contributed by atoms with van der Waals surface area (Å²) in [6.07, 6.45) is 0. The molecule has 0 unspecified atom stereocenters. The third kappa shape index (κ3) is 2.47. The van der Waals surface area contributed by atoms with Crippen molar-refractivity contribution in [2.75, 3.05) is 0 Å². The van der Waals surface area contributed by atoms with Gasteiger partial charge in [0.2, 0.25) is 11.8 Å². The summed E-state index contributed by atoms with van der Waals surface area (Å²) in [6.45, 7) is 4.07. The number of aromatic nitrogens is 2. The topological polar surface area (TPSA) is 52.1 Å². The van der Waals surface area contributed by atoms with Crippen LogP contribution < -0.4 is 0 Å². The van der Waals surface area contributed by atoms with Crippen LogP contribution in [0.5, 0.6) is 0 Å². The number of nitrogens with zero attached hydrogens (tertiary/aromatic N) is 2. The molecule has 2 aromatic heterocycles. The molecule has 4 heteroatoms. The number of rotatable bonds is 2. The van der Waals surface area contributed by atoms with Crippen LogP contribution in [0, 0.1) is 13.8 Å². The molecule has 0 atom stereocenters. The predicted octanol–water partition coefficient (Wildman–Crippen LogP) is 7.07. The Balaban J connectivity index is 1.59. The first kappa shape index (κ1) is 17.0. The van der Waals surface area contributed by atoms with Gasteiger partial charge in [0.05, 0.1) is 0 Å². The fourth-order valence-corrected chi connectivity index (χ4v) is 4.08. The Morgan fingerprint density at radius 1 is 0.533 bits per heavy atom. The summed E-state index contributed by atoms with van der Waals surface area (Å²) in [4.78, 5) is 9.47. The molecule has 0 N–H and O–H groups in total. The Bertz CT molecular complexity index is 1450. The first-order valence-corrected chi connectivity index (χ1v) is 9.94. The van der Waals surface area contributed by atoms with Gasteiger partial charge in [-0.3, -0.25) is 0 Å². The van der Waals surface area contributed by atoms with Gasteiger partial charge in [-0.25, -0.2) is 9.97 Å². The molecule has 0 aliphatic heterocycles. The molecule has 0 spiro atoms. The molecular formula is C26H18N2O2. The molecule has 144 valence electrons. The van der Waals surface area contributed by atoms with Crippen molar-refractivity contribution in [2.24, 2.45) is 0 Å². The van der Waals surface area contributed by atoms with Crippen LogP contribution in [0.2, 0.25) is 0 Å². The minimum atomic E-state index is 0.621. The number of oxazole rings is 2. The van der Waals surface area contributed by atoms with Crippen molar-refractivity contribution in [3.8, 4) is 22.9 Å². The maximum absolute atomic E-state index is 6.15. The summed E-state index contributed by atoms with van der Waals surface area (Å²) in [6, 6.07) is 24.3. The van der Waals surface area contributed by atoms with Gasteiger partial charge in [0.25, 0.3) is 0 Å². The van der Waals surface area contributed by atoms with Gasteiger partial charge >= 0.3 is 0 Å². The van der Waals surface area contributed by atoms with Crippen LogP contribution in [0.1, 0.15) is 11.1 Å². The minimum Gasteiger partial charge on any atom is -0.436 e. The maximum Gasteiger partial charge on any atom is 0.227 e. The second-order valence-electron chi connectivity index (χ2n) is 7.59. The zero-order valence-corrected chi connectivity index (χ0v) is 16.6. The van der Waals surface area contributed by atoms with Crippen LogP contribution in [0.15, 0.2) is 81.6 Å². The van der Waals surface area contributed by atoms with Gasteiger partial charge in [-0.1, -0.05) is 48.5 Å². The number of fused-ring (bicyclic) bond motifs is 3. The number of aryl methyl sites for hydroxylation is 2. The fraction of sp³-hybridized carbons (Fsp3) is 0.0769. The van der Waals surface area contributed by atoms with E-state index < -0.39 is 0 Å². The van der Waals surface area contributed by atoms with Crippen molar-refractivity contribution in [2.45, 2.75) is 13.8 Å². The average Bonchev–Trinajstić information content (AvgIpc) is 3.39. The van der Waals surface area contributed by atoms with Crippen LogP contribution in [-0.2, 0) is 0 Å². The van der Waals surface area contributed by atoms with Crippen molar-refractivity contribution < 1.29 is 8.83 Å². The van der Waals surface area contributed by atoms with Gasteiger partial charge in [0.1, 0.15) is 11.0 Å². The lowest BCUT2D eigenvalue weighted by atomic mass is 9.99. The van der Waals surface area contributed by atoms with E-state index in [4.69, 9.17) is 18.8 Å². The molecule has 4 nitrogen and oxygen atoms in total. The van der Waals surface area contributed by atoms with E-state index in [9.17, 15) is 0 Å². The molecule has 0 saturated carbocycles. The first-order chi connectivity index (χ1) is 14.7. The number of benzene rings is 4. The normalized spacial score (nSPS) is 11.7. The summed E-state index contributed by atoms with van der Waals surface area (Å²) in [5.41, 5.74) is 7.46. The largest absolute Gasteiger partial charge is 0.436 e. The Hall–Kier alpha value is -3.92. The molecule has 0 saturated heterocycles. The van der Waals surface area contributed by atoms with E-state index in [2.05, 4.69) is 12.1 Å². The average molecular weight is 390 g/mol. The quantitative estimate of drug-likeness (QED) is 0.317. The zero-order valence-electron chi connectivity index (χ0n) is 16.6. The fourth-order valence-electron chi connectivity index (χ4n) is 4.08. The van der Waals surface area contributed by atoms with Crippen molar-refractivity contribution in [3.63, 3.8) is 0 Å². The lowest BCUT2D eigenvalue weighted by molar-refractivity contribution is 0.616. The molecule has 6 aromatic rings. The molecule has 6 rings (SSSR count). The van der Waals surface area contributed by atoms with Crippen molar-refractivity contribution in [1.82, 2.24) is 9.97 Å². The Kier molecular flexibility index (Phi) is 3.56. The molecule has 0 bridgehead atoms. The minimum absolute atomic E-state index is 0.621. The highest BCUT2D eigenvalue weighted by Crippen LogP contribution is 2.37. The predicted molar refractivity (Wildman–Crippen MR) is 119 cm³/mol. The second-order valence-corrected chi connectivity index (χ2v) is 7.59. The van der Waals surface area contributed by atoms with E-state index in [0.717, 1.165) is 55.2 Å². The second kappa shape index (κ2) is 6.29.